The van der Waals surface area contributed by atoms with Crippen molar-refractivity contribution >= 4 is 44.6 Å². The Morgan fingerprint density at radius 2 is 1.05 bits per heavy atom. The van der Waals surface area contributed by atoms with Crippen LogP contribution in [0.5, 0.6) is 0 Å². The molecule has 0 bridgehead atoms. The minimum absolute atomic E-state index is 0.0313. The van der Waals surface area contributed by atoms with E-state index in [4.69, 9.17) is 4.98 Å². The lowest BCUT2D eigenvalue weighted by Gasteiger charge is -2.35. The van der Waals surface area contributed by atoms with Crippen molar-refractivity contribution in [2.45, 2.75) is 111 Å². The predicted molar refractivity (Wildman–Crippen MR) is 245 cm³/mol. The number of alkyl halides is 2. The first kappa shape index (κ1) is 40.3. The normalized spacial score (nSPS) is 14.1. The molecule has 0 radical (unpaired) electrons. The summed E-state index contributed by atoms with van der Waals surface area (Å²) in [7, 11) is 0. The van der Waals surface area contributed by atoms with Gasteiger partial charge in [-0.15, -0.1) is 0 Å². The molecule has 0 aliphatic carbocycles. The number of benzene rings is 5. The summed E-state index contributed by atoms with van der Waals surface area (Å²) in [6.07, 6.45) is 1.82. The van der Waals surface area contributed by atoms with Crippen LogP contribution in [0, 0.1) is 0 Å². The first-order valence-corrected chi connectivity index (χ1v) is 20.9. The van der Waals surface area contributed by atoms with E-state index >= 15 is 8.78 Å². The molecule has 7 aromatic rings. The fourth-order valence-electron chi connectivity index (χ4n) is 8.64. The van der Waals surface area contributed by atoms with Crippen LogP contribution < -0.4 is 9.80 Å². The largest absolute Gasteiger partial charge is 0.321 e. The van der Waals surface area contributed by atoms with Crippen molar-refractivity contribution in [1.82, 2.24) is 9.55 Å². The third kappa shape index (κ3) is 7.08. The number of nitrogens with zero attached hydrogens (tertiary/aromatic N) is 4. The molecule has 5 aromatic carbocycles. The third-order valence-electron chi connectivity index (χ3n) is 12.0. The van der Waals surface area contributed by atoms with Crippen LogP contribution in [-0.2, 0) is 27.6 Å². The van der Waals surface area contributed by atoms with Crippen molar-refractivity contribution in [3.63, 3.8) is 0 Å². The number of rotatable bonds is 5. The summed E-state index contributed by atoms with van der Waals surface area (Å²) in [6.45, 7) is 26.8. The zero-order chi connectivity index (χ0) is 42.4. The van der Waals surface area contributed by atoms with Crippen molar-refractivity contribution in [2.75, 3.05) is 16.5 Å². The van der Waals surface area contributed by atoms with Crippen molar-refractivity contribution in [2.24, 2.45) is 0 Å². The van der Waals surface area contributed by atoms with Gasteiger partial charge in [-0.2, -0.15) is 8.78 Å². The van der Waals surface area contributed by atoms with Crippen LogP contribution in [0.2, 0.25) is 0 Å². The zero-order valence-corrected chi connectivity index (χ0v) is 36.8. The Morgan fingerprint density at radius 3 is 1.68 bits per heavy atom. The molecule has 1 aliphatic heterocycles. The van der Waals surface area contributed by atoms with E-state index in [1.165, 1.54) is 16.8 Å². The van der Waals surface area contributed by atoms with Crippen molar-refractivity contribution in [3.05, 3.63) is 155 Å². The highest BCUT2D eigenvalue weighted by Gasteiger charge is 2.39. The van der Waals surface area contributed by atoms with Gasteiger partial charge in [-0.25, -0.2) is 4.98 Å². The predicted octanol–water partition coefficient (Wildman–Crippen LogP) is 14.8. The number of halogens is 2. The maximum atomic E-state index is 17.6. The molecule has 2 aromatic heterocycles. The Balaban J connectivity index is 1.29. The lowest BCUT2D eigenvalue weighted by Crippen LogP contribution is -2.30. The van der Waals surface area contributed by atoms with Crippen LogP contribution in [0.25, 0.3) is 27.6 Å². The van der Waals surface area contributed by atoms with Gasteiger partial charge < -0.3 is 9.80 Å². The molecule has 3 heterocycles. The molecular weight excluding hydrogens is 731 g/mol. The minimum atomic E-state index is -3.32. The van der Waals surface area contributed by atoms with E-state index < -0.39 is 11.3 Å². The minimum Gasteiger partial charge on any atom is -0.321 e. The highest BCUT2D eigenvalue weighted by atomic mass is 19.3. The lowest BCUT2D eigenvalue weighted by molar-refractivity contribution is 0.0428. The van der Waals surface area contributed by atoms with E-state index in [0.29, 0.717) is 18.0 Å². The maximum absolute atomic E-state index is 17.6. The molecule has 1 aliphatic rings. The lowest BCUT2D eigenvalue weighted by atomic mass is 9.78. The Kier molecular flexibility index (Phi) is 9.42. The van der Waals surface area contributed by atoms with Crippen LogP contribution in [0.3, 0.4) is 0 Å². The van der Waals surface area contributed by atoms with Gasteiger partial charge >= 0.3 is 0 Å². The molecule has 0 amide bonds. The topological polar surface area (TPSA) is 24.3 Å². The van der Waals surface area contributed by atoms with Crippen molar-refractivity contribution in [3.8, 4) is 5.82 Å². The monoisotopic (exact) mass is 788 g/mol. The first-order valence-electron chi connectivity index (χ1n) is 20.9. The average Bonchev–Trinajstić information content (AvgIpc) is 3.72. The molecule has 0 saturated carbocycles. The van der Waals surface area contributed by atoms with Crippen LogP contribution in [0.4, 0.5) is 31.5 Å². The molecule has 59 heavy (non-hydrogen) atoms. The quantitative estimate of drug-likeness (QED) is 0.174. The van der Waals surface area contributed by atoms with E-state index in [9.17, 15) is 0 Å². The summed E-state index contributed by atoms with van der Waals surface area (Å²) >= 11 is 0. The van der Waals surface area contributed by atoms with E-state index in [1.54, 1.807) is 24.3 Å². The summed E-state index contributed by atoms with van der Waals surface area (Å²) < 4.78 is 37.3. The second-order valence-corrected chi connectivity index (χ2v) is 20.5. The molecule has 6 heteroatoms. The van der Waals surface area contributed by atoms with Crippen LogP contribution >= 0.6 is 0 Å². The average molecular weight is 789 g/mol. The molecule has 4 nitrogen and oxygen atoms in total. The Bertz CT molecular complexity index is 2700. The van der Waals surface area contributed by atoms with Gasteiger partial charge in [-0.05, 0) is 98.5 Å². The fraction of sp³-hybridized carbons (Fsp3) is 0.340. The van der Waals surface area contributed by atoms with Gasteiger partial charge in [0.25, 0.3) is 5.92 Å². The summed E-state index contributed by atoms with van der Waals surface area (Å²) in [5.41, 5.74) is 9.25. The molecule has 0 saturated heterocycles. The second kappa shape index (κ2) is 13.8. The number of hydrogen-bond acceptors (Lipinski definition) is 3. The van der Waals surface area contributed by atoms with Crippen molar-refractivity contribution in [1.29, 1.82) is 0 Å². The summed E-state index contributed by atoms with van der Waals surface area (Å²) in [6, 6.07) is 37.9. The summed E-state index contributed by atoms with van der Waals surface area (Å²) in [5.74, 6) is -2.61. The second-order valence-electron chi connectivity index (χ2n) is 20.5. The van der Waals surface area contributed by atoms with E-state index in [2.05, 4.69) is 147 Å². The molecule has 0 N–H and O–H groups in total. The van der Waals surface area contributed by atoms with Crippen LogP contribution in [-0.4, -0.2) is 16.2 Å². The molecule has 0 unspecified atom stereocenters. The Labute approximate surface area is 349 Å². The standard InChI is InChI=1S/C53H58F2N4/c1-49(2,3)34-26-27-56-47(32-34)59-43-21-14-13-18-39(43)40-25-24-35(31-46(40)59)53(54,55)37-28-36(50(4,5)6)29-38(30-37)57-33-58(45-23-16-15-22-44(45)57)48-41(51(7,8)9)19-17-20-42(48)52(10,11)12/h13-32H,33H2,1-12H3. The molecule has 304 valence electrons. The van der Waals surface area contributed by atoms with Gasteiger partial charge in [0.1, 0.15) is 12.5 Å². The number of hydrogen-bond donors (Lipinski definition) is 0. The Morgan fingerprint density at radius 1 is 0.475 bits per heavy atom. The van der Waals surface area contributed by atoms with Crippen LogP contribution in [0.15, 0.2) is 121 Å². The number of anilines is 4. The summed E-state index contributed by atoms with van der Waals surface area (Å²) in [4.78, 5) is 9.40. The number of aromatic nitrogens is 2. The number of pyridine rings is 1. The maximum Gasteiger partial charge on any atom is 0.298 e. The zero-order valence-electron chi connectivity index (χ0n) is 36.8. The molecule has 0 atom stereocenters. The highest BCUT2D eigenvalue weighted by Crippen LogP contribution is 2.51. The highest BCUT2D eigenvalue weighted by molar-refractivity contribution is 6.09. The number of para-hydroxylation sites is 4. The first-order chi connectivity index (χ1) is 27.5. The smallest absolute Gasteiger partial charge is 0.298 e. The SMILES string of the molecule is CC(C)(C)c1cc(N2CN(c3c(C(C)(C)C)cccc3C(C)(C)C)c3ccccc32)cc(C(F)(F)c2ccc3c4ccccc4n(-c4cc(C(C)(C)C)ccn4)c3c2)c1. The molecule has 8 rings (SSSR count). The summed E-state index contributed by atoms with van der Waals surface area (Å²) in [5, 5.41) is 1.91. The molecular formula is C53H58F2N4. The van der Waals surface area contributed by atoms with Gasteiger partial charge in [-0.3, -0.25) is 4.57 Å². The molecule has 0 fully saturated rings. The van der Waals surface area contributed by atoms with Crippen molar-refractivity contribution < 1.29 is 8.78 Å². The van der Waals surface area contributed by atoms with Gasteiger partial charge in [0, 0.05) is 33.8 Å². The third-order valence-corrected chi connectivity index (χ3v) is 12.0. The van der Waals surface area contributed by atoms with Gasteiger partial charge in [-0.1, -0.05) is 144 Å². The van der Waals surface area contributed by atoms with E-state index in [1.807, 2.05) is 47.2 Å². The van der Waals surface area contributed by atoms with Gasteiger partial charge in [0.15, 0.2) is 0 Å². The van der Waals surface area contributed by atoms with Gasteiger partial charge in [0.05, 0.1) is 28.1 Å². The Hall–Kier alpha value is -5.49. The fourth-order valence-corrected chi connectivity index (χ4v) is 8.64. The van der Waals surface area contributed by atoms with E-state index in [0.717, 1.165) is 44.5 Å². The van der Waals surface area contributed by atoms with E-state index in [-0.39, 0.29) is 27.4 Å². The number of fused-ring (bicyclic) bond motifs is 4. The van der Waals surface area contributed by atoms with Crippen LogP contribution in [0.1, 0.15) is 116 Å². The van der Waals surface area contributed by atoms with Gasteiger partial charge in [0.2, 0.25) is 0 Å². The molecule has 0 spiro atoms.